The topological polar surface area (TPSA) is 50.2 Å². The molecule has 4 rings (SSSR count). The van der Waals surface area contributed by atoms with Gasteiger partial charge in [0.15, 0.2) is 0 Å². The van der Waals surface area contributed by atoms with Gasteiger partial charge in [0, 0.05) is 6.20 Å². The number of rotatable bonds is 5. The third kappa shape index (κ3) is 4.69. The van der Waals surface area contributed by atoms with Crippen molar-refractivity contribution in [1.29, 1.82) is 0 Å². The normalized spacial score (nSPS) is 11.1. The minimum absolute atomic E-state index is 0.0652. The van der Waals surface area contributed by atoms with Gasteiger partial charge in [0.1, 0.15) is 5.69 Å². The van der Waals surface area contributed by atoms with Gasteiger partial charge >= 0.3 is 5.97 Å². The molecule has 0 atom stereocenters. The van der Waals surface area contributed by atoms with Crippen LogP contribution in [0.15, 0.2) is 42.6 Å². The van der Waals surface area contributed by atoms with Crippen LogP contribution >= 0.6 is 0 Å². The number of aromatic carboxylic acids is 1. The molecule has 0 saturated carbocycles. The maximum atomic E-state index is 11.7. The Morgan fingerprint density at radius 3 is 1.45 bits per heavy atom. The maximum Gasteiger partial charge on any atom is 0.354 e. The predicted octanol–water partition coefficient (Wildman–Crippen LogP) is 6.05. The third-order valence-electron chi connectivity index (χ3n) is 8.29. The number of nitrogens with zero attached hydrogens (tertiary/aromatic N) is 1. The summed E-state index contributed by atoms with van der Waals surface area (Å²) in [6, 6.07) is 12.8. The van der Waals surface area contributed by atoms with Crippen LogP contribution in [0.3, 0.4) is 0 Å². The monoisotopic (exact) mass is 503 g/mol. The summed E-state index contributed by atoms with van der Waals surface area (Å²) in [5, 5.41) is 9.55. The molecule has 0 saturated heterocycles. The lowest BCUT2D eigenvalue weighted by Gasteiger charge is -2.30. The van der Waals surface area contributed by atoms with Gasteiger partial charge in [-0.05, 0) is 104 Å². The number of hydrogen-bond acceptors (Lipinski definition) is 2. The molecule has 4 aromatic rings. The molecule has 0 aliphatic heterocycles. The smallest absolute Gasteiger partial charge is 0.354 e. The van der Waals surface area contributed by atoms with Crippen molar-refractivity contribution in [3.8, 4) is 11.1 Å². The van der Waals surface area contributed by atoms with Gasteiger partial charge in [-0.15, -0.1) is 0 Å². The molecule has 0 aliphatic rings. The minimum atomic E-state index is -1.01. The van der Waals surface area contributed by atoms with Gasteiger partial charge in [-0.3, -0.25) is 0 Å². The summed E-state index contributed by atoms with van der Waals surface area (Å²) < 4.78 is 0. The molecule has 38 heavy (non-hydrogen) atoms. The highest BCUT2D eigenvalue weighted by Gasteiger charge is 2.32. The van der Waals surface area contributed by atoms with Crippen LogP contribution in [0.25, 0.3) is 11.1 Å². The lowest BCUT2D eigenvalue weighted by atomic mass is 9.32. The van der Waals surface area contributed by atoms with Gasteiger partial charge < -0.3 is 5.11 Å². The molecule has 3 nitrogen and oxygen atoms in total. The zero-order valence-corrected chi connectivity index (χ0v) is 24.4. The number of aryl methyl sites for hydroxylation is 6. The fourth-order valence-corrected chi connectivity index (χ4v) is 6.64. The van der Waals surface area contributed by atoms with E-state index < -0.39 is 5.97 Å². The summed E-state index contributed by atoms with van der Waals surface area (Å²) in [5.74, 6) is -1.01. The van der Waals surface area contributed by atoms with E-state index in [0.29, 0.717) is 0 Å². The number of hydrogen-bond donors (Lipinski definition) is 1. The first kappa shape index (κ1) is 27.4. The van der Waals surface area contributed by atoms with Crippen molar-refractivity contribution in [2.24, 2.45) is 0 Å². The Balaban J connectivity index is 2.11. The first-order valence-electron chi connectivity index (χ1n) is 13.3. The van der Waals surface area contributed by atoms with Crippen LogP contribution in [0.5, 0.6) is 0 Å². The van der Waals surface area contributed by atoms with Gasteiger partial charge in [0.05, 0.1) is 0 Å². The minimum Gasteiger partial charge on any atom is -0.477 e. The van der Waals surface area contributed by atoms with Crippen molar-refractivity contribution in [2.75, 3.05) is 0 Å². The molecule has 0 bridgehead atoms. The van der Waals surface area contributed by atoms with Crippen LogP contribution in [0.4, 0.5) is 0 Å². The van der Waals surface area contributed by atoms with Gasteiger partial charge in [-0.1, -0.05) is 85.2 Å². The van der Waals surface area contributed by atoms with E-state index in [1.807, 2.05) is 6.07 Å². The molecular formula is C34H38BNO2. The molecule has 0 radical (unpaired) electrons. The van der Waals surface area contributed by atoms with Crippen molar-refractivity contribution in [2.45, 2.75) is 69.2 Å². The van der Waals surface area contributed by atoms with E-state index in [0.717, 1.165) is 11.1 Å². The Labute approximate surface area is 228 Å². The lowest BCUT2D eigenvalue weighted by molar-refractivity contribution is 0.0690. The predicted molar refractivity (Wildman–Crippen MR) is 162 cm³/mol. The van der Waals surface area contributed by atoms with Crippen LogP contribution in [0.1, 0.15) is 66.1 Å². The van der Waals surface area contributed by atoms with E-state index in [2.05, 4.69) is 98.5 Å². The summed E-state index contributed by atoms with van der Waals surface area (Å²) in [6.07, 6.45) is 1.59. The molecule has 0 fully saturated rings. The van der Waals surface area contributed by atoms with Crippen LogP contribution < -0.4 is 16.4 Å². The van der Waals surface area contributed by atoms with E-state index in [9.17, 15) is 9.90 Å². The zero-order chi connectivity index (χ0) is 28.0. The van der Waals surface area contributed by atoms with Crippen molar-refractivity contribution < 1.29 is 9.90 Å². The number of aromatic nitrogens is 1. The second-order valence-corrected chi connectivity index (χ2v) is 11.1. The molecule has 0 amide bonds. The standard InChI is InChI=1S/C34H38BNO2/c1-18-13-20(3)31(21(4)14-18)35(32-22(5)15-19(2)16-23(32)6)33-26(9)24(7)30(25(8)27(33)10)28-11-12-36-29(17-28)34(37)38/h11-17H,1-10H3,(H,37,38). The molecule has 1 aromatic heterocycles. The van der Waals surface area contributed by atoms with E-state index in [1.165, 1.54) is 72.0 Å². The van der Waals surface area contributed by atoms with Crippen molar-refractivity contribution in [3.05, 3.63) is 104 Å². The Morgan fingerprint density at radius 2 is 1.05 bits per heavy atom. The Bertz CT molecular complexity index is 1470. The molecule has 4 heteroatoms. The molecule has 3 aromatic carbocycles. The van der Waals surface area contributed by atoms with Crippen molar-refractivity contribution >= 4 is 29.1 Å². The largest absolute Gasteiger partial charge is 0.477 e. The highest BCUT2D eigenvalue weighted by Crippen LogP contribution is 2.31. The van der Waals surface area contributed by atoms with Gasteiger partial charge in [-0.25, -0.2) is 9.78 Å². The summed E-state index contributed by atoms with van der Waals surface area (Å²) in [4.78, 5) is 15.7. The second kappa shape index (κ2) is 10.2. The van der Waals surface area contributed by atoms with E-state index >= 15 is 0 Å². The van der Waals surface area contributed by atoms with Gasteiger partial charge in [-0.2, -0.15) is 0 Å². The van der Waals surface area contributed by atoms with Gasteiger partial charge in [0.25, 0.3) is 0 Å². The Morgan fingerprint density at radius 1 is 0.632 bits per heavy atom. The van der Waals surface area contributed by atoms with E-state index in [1.54, 1.807) is 12.3 Å². The van der Waals surface area contributed by atoms with Crippen molar-refractivity contribution in [3.63, 3.8) is 0 Å². The number of carboxylic acids is 1. The van der Waals surface area contributed by atoms with Crippen LogP contribution in [0.2, 0.25) is 0 Å². The molecule has 0 aliphatic carbocycles. The first-order valence-corrected chi connectivity index (χ1v) is 13.3. The van der Waals surface area contributed by atoms with E-state index in [-0.39, 0.29) is 12.4 Å². The van der Waals surface area contributed by atoms with Crippen molar-refractivity contribution in [1.82, 2.24) is 4.98 Å². The van der Waals surface area contributed by atoms with Crippen LogP contribution in [0, 0.1) is 69.2 Å². The third-order valence-corrected chi connectivity index (χ3v) is 8.29. The van der Waals surface area contributed by atoms with Crippen LogP contribution in [-0.4, -0.2) is 22.8 Å². The Kier molecular flexibility index (Phi) is 7.38. The number of pyridine rings is 1. The maximum absolute atomic E-state index is 11.7. The molecule has 0 spiro atoms. The van der Waals surface area contributed by atoms with Crippen LogP contribution in [-0.2, 0) is 0 Å². The fraction of sp³-hybridized carbons (Fsp3) is 0.294. The fourth-order valence-electron chi connectivity index (χ4n) is 6.64. The molecule has 194 valence electrons. The second-order valence-electron chi connectivity index (χ2n) is 11.1. The highest BCUT2D eigenvalue weighted by atomic mass is 16.4. The quantitative estimate of drug-likeness (QED) is 0.338. The number of carbonyl (C=O) groups is 1. The highest BCUT2D eigenvalue weighted by molar-refractivity contribution is 6.97. The summed E-state index contributed by atoms with van der Waals surface area (Å²) in [7, 11) is 0. The summed E-state index contributed by atoms with van der Waals surface area (Å²) in [6.45, 7) is 22.2. The van der Waals surface area contributed by atoms with Gasteiger partial charge in [0.2, 0.25) is 6.71 Å². The SMILES string of the molecule is Cc1cc(C)c(B(c2c(C)cc(C)cc2C)c2c(C)c(C)c(-c3ccnc(C(=O)O)c3)c(C)c2C)c(C)c1. The molecular weight excluding hydrogens is 465 g/mol. The number of benzene rings is 3. The summed E-state index contributed by atoms with van der Waals surface area (Å²) in [5.41, 5.74) is 18.8. The lowest BCUT2D eigenvalue weighted by Crippen LogP contribution is -2.57. The van der Waals surface area contributed by atoms with E-state index in [4.69, 9.17) is 0 Å². The number of carboxylic acid groups (broad SMARTS) is 1. The first-order chi connectivity index (χ1) is 17.8. The molecule has 1 N–H and O–H groups in total. The summed E-state index contributed by atoms with van der Waals surface area (Å²) >= 11 is 0. The Hall–Kier alpha value is -3.66. The average molecular weight is 503 g/mol. The molecule has 0 unspecified atom stereocenters. The molecule has 1 heterocycles. The average Bonchev–Trinajstić information content (AvgIpc) is 2.81. The zero-order valence-electron chi connectivity index (χ0n) is 24.4.